The minimum atomic E-state index is -1.18. The molecule has 0 amide bonds. The number of nitro groups is 1. The van der Waals surface area contributed by atoms with E-state index in [-0.39, 0.29) is 5.56 Å². The van der Waals surface area contributed by atoms with E-state index in [1.807, 2.05) is 0 Å². The molecule has 0 aromatic heterocycles. The van der Waals surface area contributed by atoms with Gasteiger partial charge in [0.15, 0.2) is 0 Å². The van der Waals surface area contributed by atoms with Gasteiger partial charge in [0.05, 0.1) is 23.6 Å². The van der Waals surface area contributed by atoms with E-state index < -0.39 is 34.9 Å². The van der Waals surface area contributed by atoms with Gasteiger partial charge in [-0.1, -0.05) is 0 Å². The highest BCUT2D eigenvalue weighted by atomic mass is 19.1. The van der Waals surface area contributed by atoms with Crippen LogP contribution in [-0.4, -0.2) is 16.6 Å². The SMILES string of the molecule is N[C@H](CO)c1cc(F)c([N+](=O)[O-])cc1F. The Morgan fingerprint density at radius 2 is 2.07 bits per heavy atom. The van der Waals surface area contributed by atoms with Crippen LogP contribution in [0, 0.1) is 21.7 Å². The zero-order valence-corrected chi connectivity index (χ0v) is 7.48. The van der Waals surface area contributed by atoms with Crippen LogP contribution in [0.4, 0.5) is 14.5 Å². The van der Waals surface area contributed by atoms with E-state index in [1.165, 1.54) is 0 Å². The zero-order valence-electron chi connectivity index (χ0n) is 7.48. The first kappa shape index (κ1) is 11.5. The molecule has 0 fully saturated rings. The molecule has 1 aromatic carbocycles. The summed E-state index contributed by atoms with van der Waals surface area (Å²) in [5.74, 6) is -2.19. The Morgan fingerprint density at radius 3 is 2.53 bits per heavy atom. The number of rotatable bonds is 3. The first-order valence-electron chi connectivity index (χ1n) is 3.97. The van der Waals surface area contributed by atoms with Crippen molar-refractivity contribution < 1.29 is 18.8 Å². The Bertz CT molecular complexity index is 398. The van der Waals surface area contributed by atoms with Crippen LogP contribution in [0.25, 0.3) is 0 Å². The molecule has 1 rings (SSSR count). The van der Waals surface area contributed by atoms with Crippen molar-refractivity contribution in [1.29, 1.82) is 0 Å². The van der Waals surface area contributed by atoms with Crippen molar-refractivity contribution in [3.63, 3.8) is 0 Å². The van der Waals surface area contributed by atoms with Crippen LogP contribution >= 0.6 is 0 Å². The molecule has 82 valence electrons. The first-order chi connectivity index (χ1) is 6.97. The van der Waals surface area contributed by atoms with E-state index in [0.717, 1.165) is 0 Å². The molecular formula is C8H8F2N2O3. The van der Waals surface area contributed by atoms with Crippen molar-refractivity contribution in [3.8, 4) is 0 Å². The Balaban J connectivity index is 3.25. The van der Waals surface area contributed by atoms with E-state index in [2.05, 4.69) is 0 Å². The largest absolute Gasteiger partial charge is 0.394 e. The van der Waals surface area contributed by atoms with Gasteiger partial charge in [-0.3, -0.25) is 10.1 Å². The predicted molar refractivity (Wildman–Crippen MR) is 47.0 cm³/mol. The fraction of sp³-hybridized carbons (Fsp3) is 0.250. The number of nitro benzene ring substituents is 1. The fourth-order valence-electron chi connectivity index (χ4n) is 1.07. The van der Waals surface area contributed by atoms with Gasteiger partial charge < -0.3 is 10.8 Å². The zero-order chi connectivity index (χ0) is 11.6. The molecule has 1 atom stereocenters. The summed E-state index contributed by atoms with van der Waals surface area (Å²) in [6.45, 7) is -0.575. The molecule has 15 heavy (non-hydrogen) atoms. The lowest BCUT2D eigenvalue weighted by Gasteiger charge is -2.09. The van der Waals surface area contributed by atoms with Crippen molar-refractivity contribution in [2.75, 3.05) is 6.61 Å². The quantitative estimate of drug-likeness (QED) is 0.581. The highest BCUT2D eigenvalue weighted by Gasteiger charge is 2.20. The van der Waals surface area contributed by atoms with E-state index in [0.29, 0.717) is 12.1 Å². The molecule has 0 aliphatic carbocycles. The maximum absolute atomic E-state index is 13.2. The molecule has 0 aliphatic rings. The average Bonchev–Trinajstić information content (AvgIpc) is 2.19. The summed E-state index contributed by atoms with van der Waals surface area (Å²) in [4.78, 5) is 9.21. The lowest BCUT2D eigenvalue weighted by molar-refractivity contribution is -0.387. The normalized spacial score (nSPS) is 12.5. The number of hydrogen-bond acceptors (Lipinski definition) is 4. The van der Waals surface area contributed by atoms with Gasteiger partial charge in [0.25, 0.3) is 0 Å². The second-order valence-electron chi connectivity index (χ2n) is 2.87. The third kappa shape index (κ3) is 2.25. The summed E-state index contributed by atoms with van der Waals surface area (Å²) in [7, 11) is 0. The monoisotopic (exact) mass is 218 g/mol. The van der Waals surface area contributed by atoms with Gasteiger partial charge >= 0.3 is 5.69 Å². The van der Waals surface area contributed by atoms with Gasteiger partial charge in [0, 0.05) is 5.56 Å². The van der Waals surface area contributed by atoms with E-state index in [4.69, 9.17) is 10.8 Å². The molecule has 0 bridgehead atoms. The van der Waals surface area contributed by atoms with Crippen LogP contribution in [0.2, 0.25) is 0 Å². The van der Waals surface area contributed by atoms with E-state index >= 15 is 0 Å². The lowest BCUT2D eigenvalue weighted by Crippen LogP contribution is -2.16. The summed E-state index contributed by atoms with van der Waals surface area (Å²) < 4.78 is 26.2. The first-order valence-corrected chi connectivity index (χ1v) is 3.97. The number of aliphatic hydroxyl groups excluding tert-OH is 1. The molecular weight excluding hydrogens is 210 g/mol. The standard InChI is InChI=1S/C8H8F2N2O3/c9-5-2-8(12(14)15)6(10)1-4(5)7(11)3-13/h1-2,7,13H,3,11H2/t7-/m1/s1. The Hall–Kier alpha value is -1.60. The summed E-state index contributed by atoms with van der Waals surface area (Å²) in [6.07, 6.45) is 0. The number of nitrogens with two attached hydrogens (primary N) is 1. The highest BCUT2D eigenvalue weighted by molar-refractivity contribution is 5.37. The topological polar surface area (TPSA) is 89.4 Å². The van der Waals surface area contributed by atoms with Crippen molar-refractivity contribution in [2.24, 2.45) is 5.73 Å². The van der Waals surface area contributed by atoms with E-state index in [9.17, 15) is 18.9 Å². The second-order valence-corrected chi connectivity index (χ2v) is 2.87. The second kappa shape index (κ2) is 4.28. The molecule has 0 unspecified atom stereocenters. The summed E-state index contributed by atoms with van der Waals surface area (Å²) in [5, 5.41) is 18.9. The van der Waals surface area contributed by atoms with Crippen LogP contribution in [0.1, 0.15) is 11.6 Å². The Labute approximate surface area is 83.3 Å². The van der Waals surface area contributed by atoms with Gasteiger partial charge in [-0.15, -0.1) is 0 Å². The van der Waals surface area contributed by atoms with Crippen LogP contribution < -0.4 is 5.73 Å². The van der Waals surface area contributed by atoms with Gasteiger partial charge in [0.2, 0.25) is 5.82 Å². The molecule has 0 saturated carbocycles. The average molecular weight is 218 g/mol. The van der Waals surface area contributed by atoms with Crippen molar-refractivity contribution in [2.45, 2.75) is 6.04 Å². The van der Waals surface area contributed by atoms with Gasteiger partial charge in [-0.25, -0.2) is 4.39 Å². The maximum Gasteiger partial charge on any atom is 0.307 e. The minimum Gasteiger partial charge on any atom is -0.394 e. The number of nitrogens with zero attached hydrogens (tertiary/aromatic N) is 1. The number of benzene rings is 1. The molecule has 0 spiro atoms. The summed E-state index contributed by atoms with van der Waals surface area (Å²) in [6, 6.07) is -0.0329. The van der Waals surface area contributed by atoms with Gasteiger partial charge in [-0.2, -0.15) is 4.39 Å². The van der Waals surface area contributed by atoms with Gasteiger partial charge in [-0.05, 0) is 6.07 Å². The van der Waals surface area contributed by atoms with Gasteiger partial charge in [0.1, 0.15) is 5.82 Å². The number of aliphatic hydroxyl groups is 1. The van der Waals surface area contributed by atoms with Crippen LogP contribution in [0.15, 0.2) is 12.1 Å². The molecule has 1 aromatic rings. The van der Waals surface area contributed by atoms with E-state index in [1.54, 1.807) is 0 Å². The summed E-state index contributed by atoms with van der Waals surface area (Å²) >= 11 is 0. The smallest absolute Gasteiger partial charge is 0.307 e. The Kier molecular flexibility index (Phi) is 3.28. The minimum absolute atomic E-state index is 0.291. The highest BCUT2D eigenvalue weighted by Crippen LogP contribution is 2.24. The van der Waals surface area contributed by atoms with Crippen LogP contribution in [-0.2, 0) is 0 Å². The number of halogens is 2. The molecule has 3 N–H and O–H groups in total. The fourth-order valence-corrected chi connectivity index (χ4v) is 1.07. The lowest BCUT2D eigenvalue weighted by atomic mass is 10.1. The molecule has 0 aliphatic heterocycles. The van der Waals surface area contributed by atoms with Crippen LogP contribution in [0.3, 0.4) is 0 Å². The summed E-state index contributed by atoms with van der Waals surface area (Å²) in [5.41, 5.74) is 4.02. The van der Waals surface area contributed by atoms with Crippen molar-refractivity contribution in [3.05, 3.63) is 39.4 Å². The molecule has 0 saturated heterocycles. The number of hydrogen-bond donors (Lipinski definition) is 2. The predicted octanol–water partition coefficient (Wildman–Crippen LogP) is 0.865. The van der Waals surface area contributed by atoms with Crippen molar-refractivity contribution in [1.82, 2.24) is 0 Å². The molecule has 0 radical (unpaired) electrons. The maximum atomic E-state index is 13.2. The third-order valence-electron chi connectivity index (χ3n) is 1.86. The van der Waals surface area contributed by atoms with Crippen LogP contribution in [0.5, 0.6) is 0 Å². The Morgan fingerprint density at radius 1 is 1.47 bits per heavy atom. The third-order valence-corrected chi connectivity index (χ3v) is 1.86. The molecule has 7 heteroatoms. The molecule has 0 heterocycles. The van der Waals surface area contributed by atoms with Crippen molar-refractivity contribution >= 4 is 5.69 Å². The molecule has 5 nitrogen and oxygen atoms in total.